The Morgan fingerprint density at radius 3 is 2.41 bits per heavy atom. The van der Waals surface area contributed by atoms with Crippen molar-refractivity contribution in [1.29, 1.82) is 0 Å². The number of likely N-dealkylation sites (tertiary alicyclic amines) is 1. The van der Waals surface area contributed by atoms with Crippen LogP contribution >= 0.6 is 0 Å². The van der Waals surface area contributed by atoms with Gasteiger partial charge in [-0.05, 0) is 54.3 Å². The second-order valence-electron chi connectivity index (χ2n) is 7.89. The highest BCUT2D eigenvalue weighted by Gasteiger charge is 2.27. The summed E-state index contributed by atoms with van der Waals surface area (Å²) in [5.74, 6) is -0.256. The van der Waals surface area contributed by atoms with E-state index in [1.54, 1.807) is 4.90 Å². The molecule has 1 aliphatic heterocycles. The molecule has 2 aromatic rings. The highest BCUT2D eigenvalue weighted by atomic mass is 16.5. The van der Waals surface area contributed by atoms with E-state index < -0.39 is 5.97 Å². The zero-order chi connectivity index (χ0) is 20.6. The van der Waals surface area contributed by atoms with Crippen molar-refractivity contribution in [1.82, 2.24) is 4.90 Å². The Bertz CT molecular complexity index is 840. The summed E-state index contributed by atoms with van der Waals surface area (Å²) in [4.78, 5) is 25.6. The predicted octanol–water partition coefficient (Wildman–Crippen LogP) is 5.13. The van der Waals surface area contributed by atoms with Gasteiger partial charge in [0, 0.05) is 18.7 Å². The number of rotatable bonds is 9. The van der Waals surface area contributed by atoms with E-state index in [4.69, 9.17) is 9.84 Å². The number of amides is 1. The van der Waals surface area contributed by atoms with Crippen molar-refractivity contribution in [3.05, 3.63) is 42.0 Å². The first-order valence-electron chi connectivity index (χ1n) is 10.8. The number of carboxylic acids is 1. The summed E-state index contributed by atoms with van der Waals surface area (Å²) in [7, 11) is 0. The fourth-order valence-corrected chi connectivity index (χ4v) is 3.85. The number of unbranched alkanes of at least 4 members (excludes halogenated alkanes) is 4. The molecule has 0 aliphatic carbocycles. The fourth-order valence-electron chi connectivity index (χ4n) is 3.85. The van der Waals surface area contributed by atoms with Crippen molar-refractivity contribution < 1.29 is 19.4 Å². The van der Waals surface area contributed by atoms with Gasteiger partial charge in [0.15, 0.2) is 0 Å². The highest BCUT2D eigenvalue weighted by Crippen LogP contribution is 2.24. The van der Waals surface area contributed by atoms with Crippen LogP contribution in [0, 0.1) is 5.92 Å². The quantitative estimate of drug-likeness (QED) is 0.596. The van der Waals surface area contributed by atoms with Gasteiger partial charge in [0.1, 0.15) is 5.75 Å². The maximum Gasteiger partial charge on any atom is 0.306 e. The van der Waals surface area contributed by atoms with E-state index in [0.29, 0.717) is 31.5 Å². The molecule has 2 aromatic carbocycles. The van der Waals surface area contributed by atoms with Crippen LogP contribution in [0.15, 0.2) is 36.4 Å². The lowest BCUT2D eigenvalue weighted by Crippen LogP contribution is -2.40. The van der Waals surface area contributed by atoms with Crippen molar-refractivity contribution in [2.45, 2.75) is 51.9 Å². The lowest BCUT2D eigenvalue weighted by Gasteiger charge is -2.30. The maximum absolute atomic E-state index is 12.8. The normalized spacial score (nSPS) is 14.9. The van der Waals surface area contributed by atoms with Crippen molar-refractivity contribution in [2.24, 2.45) is 5.92 Å². The van der Waals surface area contributed by atoms with E-state index in [1.807, 2.05) is 36.4 Å². The number of nitrogens with zero attached hydrogens (tertiary/aromatic N) is 1. The standard InChI is InChI=1S/C24H31NO4/c1-2-3-4-5-6-15-29-22-10-9-19-16-21(8-7-20(19)17-22)23(26)25-13-11-18(12-14-25)24(27)28/h7-10,16-18H,2-6,11-15H2,1H3,(H,27,28). The summed E-state index contributed by atoms with van der Waals surface area (Å²) in [6, 6.07) is 11.7. The zero-order valence-corrected chi connectivity index (χ0v) is 17.2. The monoisotopic (exact) mass is 397 g/mol. The van der Waals surface area contributed by atoms with Crippen LogP contribution in [0.1, 0.15) is 62.2 Å². The first kappa shape index (κ1) is 21.2. The molecule has 0 bridgehead atoms. The van der Waals surface area contributed by atoms with Crippen LogP contribution in [-0.2, 0) is 4.79 Å². The summed E-state index contributed by atoms with van der Waals surface area (Å²) in [5, 5.41) is 11.2. The van der Waals surface area contributed by atoms with Crippen LogP contribution in [0.5, 0.6) is 5.75 Å². The molecule has 0 unspecified atom stereocenters. The number of piperidine rings is 1. The van der Waals surface area contributed by atoms with E-state index in [2.05, 4.69) is 6.92 Å². The van der Waals surface area contributed by atoms with Gasteiger partial charge in [0.2, 0.25) is 0 Å². The number of hydrogen-bond acceptors (Lipinski definition) is 3. The Hall–Kier alpha value is -2.56. The van der Waals surface area contributed by atoms with Crippen molar-refractivity contribution >= 4 is 22.6 Å². The van der Waals surface area contributed by atoms with Gasteiger partial charge < -0.3 is 14.7 Å². The maximum atomic E-state index is 12.8. The Balaban J connectivity index is 1.57. The lowest BCUT2D eigenvalue weighted by atomic mass is 9.96. The zero-order valence-electron chi connectivity index (χ0n) is 17.2. The van der Waals surface area contributed by atoms with Crippen LogP contribution in [0.2, 0.25) is 0 Å². The largest absolute Gasteiger partial charge is 0.494 e. The van der Waals surface area contributed by atoms with Crippen LogP contribution in [0.4, 0.5) is 0 Å². The molecule has 1 N–H and O–H groups in total. The Morgan fingerprint density at radius 1 is 1.00 bits per heavy atom. The lowest BCUT2D eigenvalue weighted by molar-refractivity contribution is -0.143. The summed E-state index contributed by atoms with van der Waals surface area (Å²) < 4.78 is 5.87. The van der Waals surface area contributed by atoms with Gasteiger partial charge in [-0.15, -0.1) is 0 Å². The number of ether oxygens (including phenoxy) is 1. The molecule has 1 heterocycles. The molecule has 5 heteroatoms. The SMILES string of the molecule is CCCCCCCOc1ccc2cc(C(=O)N3CCC(C(=O)O)CC3)ccc2c1. The average Bonchev–Trinajstić information content (AvgIpc) is 2.75. The van der Waals surface area contributed by atoms with E-state index in [-0.39, 0.29) is 11.8 Å². The van der Waals surface area contributed by atoms with E-state index in [0.717, 1.165) is 29.5 Å². The summed E-state index contributed by atoms with van der Waals surface area (Å²) in [6.07, 6.45) is 7.12. The molecule has 1 amide bonds. The van der Waals surface area contributed by atoms with Crippen LogP contribution in [-0.4, -0.2) is 41.6 Å². The van der Waals surface area contributed by atoms with Gasteiger partial charge in [0.05, 0.1) is 12.5 Å². The molecule has 0 atom stereocenters. The third-order valence-corrected chi connectivity index (χ3v) is 5.71. The molecule has 1 saturated heterocycles. The van der Waals surface area contributed by atoms with Crippen LogP contribution < -0.4 is 4.74 Å². The highest BCUT2D eigenvalue weighted by molar-refractivity contribution is 5.99. The first-order chi connectivity index (χ1) is 14.1. The Labute approximate surface area is 172 Å². The molecule has 0 spiro atoms. The number of benzene rings is 2. The molecule has 1 fully saturated rings. The molecule has 29 heavy (non-hydrogen) atoms. The summed E-state index contributed by atoms with van der Waals surface area (Å²) in [5.41, 5.74) is 0.649. The number of aliphatic carboxylic acids is 1. The molecule has 0 radical (unpaired) electrons. The minimum atomic E-state index is -0.762. The van der Waals surface area contributed by atoms with Gasteiger partial charge in [0.25, 0.3) is 5.91 Å². The van der Waals surface area contributed by atoms with Gasteiger partial charge in [-0.2, -0.15) is 0 Å². The van der Waals surface area contributed by atoms with Gasteiger partial charge in [-0.3, -0.25) is 9.59 Å². The molecular formula is C24H31NO4. The third-order valence-electron chi connectivity index (χ3n) is 5.71. The number of fused-ring (bicyclic) bond motifs is 1. The van der Waals surface area contributed by atoms with Crippen LogP contribution in [0.3, 0.4) is 0 Å². The molecule has 0 saturated carbocycles. The molecule has 0 aromatic heterocycles. The second-order valence-corrected chi connectivity index (χ2v) is 7.89. The molecule has 5 nitrogen and oxygen atoms in total. The predicted molar refractivity (Wildman–Crippen MR) is 114 cm³/mol. The van der Waals surface area contributed by atoms with Crippen molar-refractivity contribution in [3.8, 4) is 5.75 Å². The minimum absolute atomic E-state index is 0.0249. The number of carbonyl (C=O) groups is 2. The Morgan fingerprint density at radius 2 is 1.69 bits per heavy atom. The summed E-state index contributed by atoms with van der Waals surface area (Å²) >= 11 is 0. The van der Waals surface area contributed by atoms with Gasteiger partial charge >= 0.3 is 5.97 Å². The average molecular weight is 398 g/mol. The van der Waals surface area contributed by atoms with E-state index in [9.17, 15) is 9.59 Å². The van der Waals surface area contributed by atoms with Crippen molar-refractivity contribution in [3.63, 3.8) is 0 Å². The third kappa shape index (κ3) is 5.72. The smallest absolute Gasteiger partial charge is 0.306 e. The van der Waals surface area contributed by atoms with Crippen molar-refractivity contribution in [2.75, 3.05) is 19.7 Å². The van der Waals surface area contributed by atoms with E-state index in [1.165, 1.54) is 25.7 Å². The molecule has 156 valence electrons. The van der Waals surface area contributed by atoms with E-state index >= 15 is 0 Å². The molecular weight excluding hydrogens is 366 g/mol. The second kappa shape index (κ2) is 10.3. The number of carboxylic acid groups (broad SMARTS) is 1. The molecule has 1 aliphatic rings. The first-order valence-corrected chi connectivity index (χ1v) is 10.8. The fraction of sp³-hybridized carbons (Fsp3) is 0.500. The summed E-state index contributed by atoms with van der Waals surface area (Å²) in [6.45, 7) is 3.95. The Kier molecular flexibility index (Phi) is 7.50. The number of carbonyl (C=O) groups excluding carboxylic acids is 1. The van der Waals surface area contributed by atoms with Gasteiger partial charge in [-0.25, -0.2) is 0 Å². The number of hydrogen-bond donors (Lipinski definition) is 1. The topological polar surface area (TPSA) is 66.8 Å². The van der Waals surface area contributed by atoms with Gasteiger partial charge in [-0.1, -0.05) is 44.7 Å². The minimum Gasteiger partial charge on any atom is -0.494 e. The van der Waals surface area contributed by atoms with Crippen LogP contribution in [0.25, 0.3) is 10.8 Å². The molecule has 3 rings (SSSR count).